The van der Waals surface area contributed by atoms with E-state index in [0.717, 1.165) is 58.3 Å². The van der Waals surface area contributed by atoms with Crippen LogP contribution in [0.5, 0.6) is 0 Å². The molecule has 2 heterocycles. The average Bonchev–Trinajstić information content (AvgIpc) is 3.59. The van der Waals surface area contributed by atoms with Crippen molar-refractivity contribution in [2.45, 2.75) is 57.2 Å². The smallest absolute Gasteiger partial charge is 0.247 e. The van der Waals surface area contributed by atoms with E-state index in [1.165, 1.54) is 6.42 Å². The molecule has 2 N–H and O–H groups in total. The molecular weight excluding hydrogens is 492 g/mol. The number of aromatic nitrogens is 1. The first-order valence-electron chi connectivity index (χ1n) is 13.4. The Balaban J connectivity index is 1.50. The molecule has 2 aromatic heterocycles. The lowest BCUT2D eigenvalue weighted by Crippen LogP contribution is -2.47. The Morgan fingerprint density at radius 3 is 2.47 bits per heavy atom. The zero-order valence-electron chi connectivity index (χ0n) is 22.2. The zero-order chi connectivity index (χ0) is 26.5. The van der Waals surface area contributed by atoms with Crippen LogP contribution in [0.3, 0.4) is 0 Å². The topological polar surface area (TPSA) is 68.4 Å². The molecule has 6 nitrogen and oxygen atoms in total. The number of para-hydroxylation sites is 1. The second-order valence-corrected chi connectivity index (χ2v) is 11.4. The fourth-order valence-corrected chi connectivity index (χ4v) is 6.09. The molecule has 38 heavy (non-hydrogen) atoms. The number of nitrogens with zero attached hydrogens (tertiary/aromatic N) is 2. The van der Waals surface area contributed by atoms with Gasteiger partial charge in [0.2, 0.25) is 11.8 Å². The minimum Gasteiger partial charge on any atom is -0.378 e. The molecule has 7 heteroatoms. The van der Waals surface area contributed by atoms with Gasteiger partial charge in [-0.2, -0.15) is 0 Å². The Hall–Kier alpha value is -3.58. The van der Waals surface area contributed by atoms with Gasteiger partial charge in [0.25, 0.3) is 0 Å². The van der Waals surface area contributed by atoms with Crippen LogP contribution in [0.25, 0.3) is 10.9 Å². The first-order chi connectivity index (χ1) is 18.5. The molecular formula is C31H36N4O2S. The number of benzene rings is 2. The van der Waals surface area contributed by atoms with Gasteiger partial charge >= 0.3 is 0 Å². The zero-order valence-corrected chi connectivity index (χ0v) is 23.0. The molecule has 5 rings (SSSR count). The number of anilines is 1. The van der Waals surface area contributed by atoms with Gasteiger partial charge in [-0.3, -0.25) is 9.59 Å². The number of amides is 2. The second kappa shape index (κ2) is 11.9. The van der Waals surface area contributed by atoms with Crippen LogP contribution in [-0.2, 0) is 22.6 Å². The van der Waals surface area contributed by atoms with E-state index in [1.807, 2.05) is 91.2 Å². The molecule has 4 aromatic rings. The number of carbonyl (C=O) groups is 2. The van der Waals surface area contributed by atoms with Crippen LogP contribution in [0.4, 0.5) is 5.69 Å². The molecule has 0 unspecified atom stereocenters. The summed E-state index contributed by atoms with van der Waals surface area (Å²) in [4.78, 5) is 36.2. The summed E-state index contributed by atoms with van der Waals surface area (Å²) in [5.74, 6) is -0.165. The van der Waals surface area contributed by atoms with Gasteiger partial charge in [-0.25, -0.2) is 0 Å². The van der Waals surface area contributed by atoms with E-state index in [-0.39, 0.29) is 24.3 Å². The Morgan fingerprint density at radius 1 is 1.00 bits per heavy atom. The molecule has 0 radical (unpaired) electrons. The Kier molecular flexibility index (Phi) is 8.13. The molecule has 1 fully saturated rings. The van der Waals surface area contributed by atoms with Crippen LogP contribution in [0, 0.1) is 0 Å². The number of rotatable bonds is 9. The van der Waals surface area contributed by atoms with Gasteiger partial charge in [-0.15, -0.1) is 11.3 Å². The predicted octanol–water partition coefficient (Wildman–Crippen LogP) is 6.06. The summed E-state index contributed by atoms with van der Waals surface area (Å²) in [5.41, 5.74) is 3.82. The Labute approximate surface area is 228 Å². The minimum absolute atomic E-state index is 0.0661. The lowest BCUT2D eigenvalue weighted by Gasteiger charge is -2.33. The number of H-pyrrole nitrogens is 1. The fourth-order valence-electron chi connectivity index (χ4n) is 5.39. The molecule has 2 amide bonds. The summed E-state index contributed by atoms with van der Waals surface area (Å²) in [6, 6.07) is 19.5. The summed E-state index contributed by atoms with van der Waals surface area (Å²) >= 11 is 1.61. The predicted molar refractivity (Wildman–Crippen MR) is 155 cm³/mol. The van der Waals surface area contributed by atoms with Gasteiger partial charge in [0, 0.05) is 47.8 Å². The van der Waals surface area contributed by atoms with Gasteiger partial charge in [0.15, 0.2) is 0 Å². The SMILES string of the molecule is CN(C)c1ccc([C@H](C(=O)NC2CCCCC2)N(Cc2cccs2)C(=O)Cc2c[nH]c3ccccc23)cc1. The highest BCUT2D eigenvalue weighted by Gasteiger charge is 2.33. The summed E-state index contributed by atoms with van der Waals surface area (Å²) < 4.78 is 0. The van der Waals surface area contributed by atoms with Crippen LogP contribution >= 0.6 is 11.3 Å². The van der Waals surface area contributed by atoms with Gasteiger partial charge in [0.1, 0.15) is 6.04 Å². The second-order valence-electron chi connectivity index (χ2n) is 10.4. The monoisotopic (exact) mass is 528 g/mol. The van der Waals surface area contributed by atoms with Crippen LogP contribution in [0.15, 0.2) is 72.2 Å². The first-order valence-corrected chi connectivity index (χ1v) is 14.3. The van der Waals surface area contributed by atoms with Crippen molar-refractivity contribution in [2.75, 3.05) is 19.0 Å². The van der Waals surface area contributed by atoms with E-state index in [2.05, 4.69) is 10.3 Å². The van der Waals surface area contributed by atoms with Crippen LogP contribution in [0.1, 0.15) is 54.1 Å². The highest BCUT2D eigenvalue weighted by molar-refractivity contribution is 7.09. The number of fused-ring (bicyclic) bond motifs is 1. The van der Waals surface area contributed by atoms with E-state index in [1.54, 1.807) is 16.2 Å². The molecule has 198 valence electrons. The molecule has 1 aliphatic rings. The van der Waals surface area contributed by atoms with E-state index >= 15 is 0 Å². The average molecular weight is 529 g/mol. The van der Waals surface area contributed by atoms with Gasteiger partial charge in [-0.1, -0.05) is 55.7 Å². The number of carbonyl (C=O) groups excluding carboxylic acids is 2. The summed E-state index contributed by atoms with van der Waals surface area (Å²) in [5, 5.41) is 6.36. The third-order valence-corrected chi connectivity index (χ3v) is 8.34. The fraction of sp³-hybridized carbons (Fsp3) is 0.355. The molecule has 0 aliphatic heterocycles. The molecule has 2 aromatic carbocycles. The molecule has 1 aliphatic carbocycles. The van der Waals surface area contributed by atoms with Crippen molar-refractivity contribution in [3.05, 3.63) is 88.2 Å². The van der Waals surface area contributed by atoms with Crippen molar-refractivity contribution in [1.82, 2.24) is 15.2 Å². The van der Waals surface area contributed by atoms with Crippen molar-refractivity contribution >= 4 is 39.7 Å². The highest BCUT2D eigenvalue weighted by Crippen LogP contribution is 2.29. The maximum absolute atomic E-state index is 14.1. The summed E-state index contributed by atoms with van der Waals surface area (Å²) in [6.45, 7) is 0.386. The van der Waals surface area contributed by atoms with Crippen LogP contribution in [-0.4, -0.2) is 41.8 Å². The lowest BCUT2D eigenvalue weighted by molar-refractivity contribution is -0.141. The first kappa shape index (κ1) is 26.0. The quantitative estimate of drug-likeness (QED) is 0.278. The molecule has 1 atom stereocenters. The van der Waals surface area contributed by atoms with Crippen molar-refractivity contribution in [3.63, 3.8) is 0 Å². The normalized spacial score (nSPS) is 14.8. The standard InChI is InChI=1S/C31H36N4O2S/c1-34(2)25-16-14-22(15-17-25)30(31(37)33-24-9-4-3-5-10-24)35(21-26-11-8-18-38-26)29(36)19-23-20-32-28-13-7-6-12-27(23)28/h6-8,11-18,20,24,30,32H,3-5,9-10,19,21H2,1-2H3,(H,33,37)/t30-/m1/s1. The van der Waals surface area contributed by atoms with Gasteiger partial charge in [-0.05, 0) is 53.6 Å². The maximum Gasteiger partial charge on any atom is 0.247 e. The number of hydrogen-bond donors (Lipinski definition) is 2. The molecule has 0 bridgehead atoms. The van der Waals surface area contributed by atoms with Crippen LogP contribution in [0.2, 0.25) is 0 Å². The highest BCUT2D eigenvalue weighted by atomic mass is 32.1. The number of nitrogens with one attached hydrogen (secondary N) is 2. The summed E-state index contributed by atoms with van der Waals surface area (Å²) in [6.07, 6.45) is 7.60. The van der Waals surface area contributed by atoms with Crippen molar-refractivity contribution < 1.29 is 9.59 Å². The van der Waals surface area contributed by atoms with Crippen LogP contribution < -0.4 is 10.2 Å². The largest absolute Gasteiger partial charge is 0.378 e. The number of aromatic amines is 1. The number of thiophene rings is 1. The third-order valence-electron chi connectivity index (χ3n) is 7.48. The molecule has 0 spiro atoms. The van der Waals surface area contributed by atoms with Crippen molar-refractivity contribution in [3.8, 4) is 0 Å². The van der Waals surface area contributed by atoms with Crippen molar-refractivity contribution in [2.24, 2.45) is 0 Å². The van der Waals surface area contributed by atoms with Gasteiger partial charge < -0.3 is 20.1 Å². The van der Waals surface area contributed by atoms with E-state index in [9.17, 15) is 9.59 Å². The maximum atomic E-state index is 14.1. The minimum atomic E-state index is -0.715. The van der Waals surface area contributed by atoms with Gasteiger partial charge in [0.05, 0.1) is 13.0 Å². The molecule has 0 saturated heterocycles. The lowest BCUT2D eigenvalue weighted by atomic mass is 9.94. The van der Waals surface area contributed by atoms with Crippen molar-refractivity contribution in [1.29, 1.82) is 0 Å². The summed E-state index contributed by atoms with van der Waals surface area (Å²) in [7, 11) is 3.99. The number of hydrogen-bond acceptors (Lipinski definition) is 4. The Morgan fingerprint density at radius 2 is 1.76 bits per heavy atom. The Bertz CT molecular complexity index is 1350. The van der Waals surface area contributed by atoms with E-state index < -0.39 is 6.04 Å². The third kappa shape index (κ3) is 5.94. The van der Waals surface area contributed by atoms with E-state index in [4.69, 9.17) is 0 Å². The molecule has 1 saturated carbocycles. The van der Waals surface area contributed by atoms with E-state index in [0.29, 0.717) is 6.54 Å².